The van der Waals surface area contributed by atoms with Crippen molar-refractivity contribution >= 4 is 5.91 Å². The lowest BCUT2D eigenvalue weighted by Gasteiger charge is -2.07. The average molecular weight is 205 g/mol. The van der Waals surface area contributed by atoms with Crippen molar-refractivity contribution < 1.29 is 4.79 Å². The van der Waals surface area contributed by atoms with Gasteiger partial charge in [-0.25, -0.2) is 0 Å². The SMILES string of the molecule is CCc1nnc(C)cc1C(=O)NC1CC1. The summed E-state index contributed by atoms with van der Waals surface area (Å²) >= 11 is 0. The summed E-state index contributed by atoms with van der Waals surface area (Å²) in [5.74, 6) is -0.00708. The highest BCUT2D eigenvalue weighted by Gasteiger charge is 2.25. The molecule has 1 aromatic rings. The first-order chi connectivity index (χ1) is 7.20. The quantitative estimate of drug-likeness (QED) is 0.807. The molecule has 0 aromatic carbocycles. The predicted octanol–water partition coefficient (Wildman–Crippen LogP) is 1.24. The van der Waals surface area contributed by atoms with Crippen molar-refractivity contribution in [2.75, 3.05) is 0 Å². The highest BCUT2D eigenvalue weighted by atomic mass is 16.1. The zero-order chi connectivity index (χ0) is 10.8. The lowest BCUT2D eigenvalue weighted by atomic mass is 10.1. The van der Waals surface area contributed by atoms with Crippen LogP contribution in [0, 0.1) is 6.92 Å². The number of nitrogens with one attached hydrogen (secondary N) is 1. The highest BCUT2D eigenvalue weighted by Crippen LogP contribution is 2.19. The third-order valence-electron chi connectivity index (χ3n) is 2.48. The van der Waals surface area contributed by atoms with Crippen molar-refractivity contribution in [2.45, 2.75) is 39.2 Å². The lowest BCUT2D eigenvalue weighted by molar-refractivity contribution is 0.0949. The van der Waals surface area contributed by atoms with Crippen LogP contribution in [-0.2, 0) is 6.42 Å². The minimum atomic E-state index is -0.00708. The number of aromatic nitrogens is 2. The topological polar surface area (TPSA) is 54.9 Å². The number of hydrogen-bond donors (Lipinski definition) is 1. The Labute approximate surface area is 89.1 Å². The first-order valence-electron chi connectivity index (χ1n) is 5.34. The molecule has 15 heavy (non-hydrogen) atoms. The normalized spacial score (nSPS) is 15.1. The van der Waals surface area contributed by atoms with Gasteiger partial charge in [0.15, 0.2) is 0 Å². The average Bonchev–Trinajstić information content (AvgIpc) is 3.01. The van der Waals surface area contributed by atoms with Gasteiger partial charge in [-0.2, -0.15) is 10.2 Å². The second-order valence-corrected chi connectivity index (χ2v) is 3.95. The van der Waals surface area contributed by atoms with Gasteiger partial charge in [-0.1, -0.05) is 6.92 Å². The van der Waals surface area contributed by atoms with E-state index in [0.29, 0.717) is 11.6 Å². The fraction of sp³-hybridized carbons (Fsp3) is 0.545. The lowest BCUT2D eigenvalue weighted by Crippen LogP contribution is -2.27. The molecule has 0 unspecified atom stereocenters. The standard InChI is InChI=1S/C11H15N3O/c1-3-10-9(6-7(2)13-14-10)11(15)12-8-4-5-8/h6,8H,3-5H2,1-2H3,(H,12,15). The van der Waals surface area contributed by atoms with E-state index in [0.717, 1.165) is 30.7 Å². The van der Waals surface area contributed by atoms with Gasteiger partial charge in [0.2, 0.25) is 0 Å². The van der Waals surface area contributed by atoms with Crippen molar-refractivity contribution in [3.63, 3.8) is 0 Å². The summed E-state index contributed by atoms with van der Waals surface area (Å²) in [6, 6.07) is 2.19. The number of amides is 1. The molecule has 0 aliphatic heterocycles. The van der Waals surface area contributed by atoms with Crippen molar-refractivity contribution in [2.24, 2.45) is 0 Å². The van der Waals surface area contributed by atoms with E-state index in [1.54, 1.807) is 0 Å². The summed E-state index contributed by atoms with van der Waals surface area (Å²) in [7, 11) is 0. The van der Waals surface area contributed by atoms with Gasteiger partial charge in [-0.3, -0.25) is 4.79 Å². The zero-order valence-corrected chi connectivity index (χ0v) is 9.08. The molecule has 1 aromatic heterocycles. The van der Waals surface area contributed by atoms with Crippen LogP contribution in [0.5, 0.6) is 0 Å². The van der Waals surface area contributed by atoms with Crippen LogP contribution >= 0.6 is 0 Å². The molecule has 2 rings (SSSR count). The molecule has 1 N–H and O–H groups in total. The monoisotopic (exact) mass is 205 g/mol. The van der Waals surface area contributed by atoms with E-state index in [-0.39, 0.29) is 5.91 Å². The summed E-state index contributed by atoms with van der Waals surface area (Å²) in [5.41, 5.74) is 2.24. The van der Waals surface area contributed by atoms with Crippen LogP contribution in [0.25, 0.3) is 0 Å². The predicted molar refractivity (Wildman–Crippen MR) is 56.6 cm³/mol. The molecular weight excluding hydrogens is 190 g/mol. The van der Waals surface area contributed by atoms with Crippen LogP contribution in [0.15, 0.2) is 6.07 Å². The molecule has 1 aliphatic rings. The van der Waals surface area contributed by atoms with Gasteiger partial charge in [0.1, 0.15) is 0 Å². The Morgan fingerprint density at radius 3 is 2.87 bits per heavy atom. The summed E-state index contributed by atoms with van der Waals surface area (Å²) in [5, 5.41) is 11.0. The molecule has 4 heteroatoms. The van der Waals surface area contributed by atoms with Crippen LogP contribution in [0.4, 0.5) is 0 Å². The van der Waals surface area contributed by atoms with Crippen molar-refractivity contribution in [1.29, 1.82) is 0 Å². The highest BCUT2D eigenvalue weighted by molar-refractivity contribution is 5.95. The van der Waals surface area contributed by atoms with Gasteiger partial charge in [0, 0.05) is 6.04 Å². The molecule has 1 saturated carbocycles. The molecule has 4 nitrogen and oxygen atoms in total. The van der Waals surface area contributed by atoms with E-state index in [4.69, 9.17) is 0 Å². The Morgan fingerprint density at radius 1 is 1.53 bits per heavy atom. The fourth-order valence-electron chi connectivity index (χ4n) is 1.46. The Hall–Kier alpha value is -1.45. The summed E-state index contributed by atoms with van der Waals surface area (Å²) in [6.07, 6.45) is 2.94. The molecule has 1 heterocycles. The Balaban J connectivity index is 2.23. The fourth-order valence-corrected chi connectivity index (χ4v) is 1.46. The van der Waals surface area contributed by atoms with Gasteiger partial charge < -0.3 is 5.32 Å². The molecule has 1 aliphatic carbocycles. The maximum atomic E-state index is 11.8. The van der Waals surface area contributed by atoms with Crippen molar-refractivity contribution in [3.8, 4) is 0 Å². The maximum absolute atomic E-state index is 11.8. The number of carbonyl (C=O) groups is 1. The number of hydrogen-bond acceptors (Lipinski definition) is 3. The number of aryl methyl sites for hydroxylation is 2. The molecule has 0 bridgehead atoms. The smallest absolute Gasteiger partial charge is 0.253 e. The number of nitrogens with zero attached hydrogens (tertiary/aromatic N) is 2. The van der Waals surface area contributed by atoms with Gasteiger partial charge in [0.25, 0.3) is 5.91 Å². The second kappa shape index (κ2) is 3.96. The molecule has 0 spiro atoms. The van der Waals surface area contributed by atoms with Crippen molar-refractivity contribution in [3.05, 3.63) is 23.0 Å². The zero-order valence-electron chi connectivity index (χ0n) is 9.08. The van der Waals surface area contributed by atoms with Crippen LogP contribution < -0.4 is 5.32 Å². The van der Waals surface area contributed by atoms with Gasteiger partial charge in [-0.05, 0) is 32.3 Å². The summed E-state index contributed by atoms with van der Waals surface area (Å²) < 4.78 is 0. The molecule has 0 atom stereocenters. The molecule has 1 fully saturated rings. The van der Waals surface area contributed by atoms with E-state index in [9.17, 15) is 4.79 Å². The van der Waals surface area contributed by atoms with E-state index in [1.165, 1.54) is 0 Å². The van der Waals surface area contributed by atoms with E-state index >= 15 is 0 Å². The van der Waals surface area contributed by atoms with E-state index < -0.39 is 0 Å². The maximum Gasteiger partial charge on any atom is 0.253 e. The molecule has 80 valence electrons. The van der Waals surface area contributed by atoms with Crippen LogP contribution in [-0.4, -0.2) is 22.1 Å². The second-order valence-electron chi connectivity index (χ2n) is 3.95. The van der Waals surface area contributed by atoms with E-state index in [2.05, 4.69) is 15.5 Å². The summed E-state index contributed by atoms with van der Waals surface area (Å²) in [4.78, 5) is 11.8. The van der Waals surface area contributed by atoms with Crippen LogP contribution in [0.3, 0.4) is 0 Å². The Bertz CT molecular complexity index is 385. The first-order valence-corrected chi connectivity index (χ1v) is 5.34. The minimum absolute atomic E-state index is 0.00708. The number of carbonyl (C=O) groups excluding carboxylic acids is 1. The molecule has 0 radical (unpaired) electrons. The van der Waals surface area contributed by atoms with Crippen LogP contribution in [0.1, 0.15) is 41.5 Å². The Morgan fingerprint density at radius 2 is 2.27 bits per heavy atom. The molecule has 1 amide bonds. The van der Waals surface area contributed by atoms with Crippen LogP contribution in [0.2, 0.25) is 0 Å². The third kappa shape index (κ3) is 2.32. The largest absolute Gasteiger partial charge is 0.349 e. The minimum Gasteiger partial charge on any atom is -0.349 e. The molecular formula is C11H15N3O. The van der Waals surface area contributed by atoms with Gasteiger partial charge in [0.05, 0.1) is 17.0 Å². The third-order valence-corrected chi connectivity index (χ3v) is 2.48. The summed E-state index contributed by atoms with van der Waals surface area (Å²) in [6.45, 7) is 3.83. The van der Waals surface area contributed by atoms with Gasteiger partial charge >= 0.3 is 0 Å². The van der Waals surface area contributed by atoms with E-state index in [1.807, 2.05) is 19.9 Å². The first kappa shape index (κ1) is 10.1. The Kier molecular flexibility index (Phi) is 2.66. The van der Waals surface area contributed by atoms with Gasteiger partial charge in [-0.15, -0.1) is 0 Å². The molecule has 0 saturated heterocycles. The van der Waals surface area contributed by atoms with Crippen molar-refractivity contribution in [1.82, 2.24) is 15.5 Å². The number of rotatable bonds is 3.